The minimum absolute atomic E-state index is 0.181. The lowest BCUT2D eigenvalue weighted by Gasteiger charge is -2.25. The second kappa shape index (κ2) is 62.3. The average Bonchev–Trinajstić information content (AvgIpc) is 3.43. The van der Waals surface area contributed by atoms with Gasteiger partial charge in [0, 0.05) is 12.8 Å². The summed E-state index contributed by atoms with van der Waals surface area (Å²) in [6.45, 7) is 4.81. The first-order chi connectivity index (χ1) is 39.1. The Morgan fingerprint density at radius 1 is 0.388 bits per heavy atom. The number of hydrogen-bond donors (Lipinski definition) is 1. The molecule has 0 aromatic heterocycles. The van der Waals surface area contributed by atoms with E-state index in [-0.39, 0.29) is 32.2 Å². The lowest BCUT2D eigenvalue weighted by molar-refractivity contribution is -0.870. The van der Waals surface area contributed by atoms with Crippen LogP contribution in [0, 0.1) is 0 Å². The molecule has 0 fully saturated rings. The second-order valence-corrected chi connectivity index (χ2v) is 24.5. The molecule has 0 saturated carbocycles. The normalized spacial score (nSPS) is 13.0. The van der Waals surface area contributed by atoms with E-state index in [0.717, 1.165) is 77.0 Å². The summed E-state index contributed by atoms with van der Waals surface area (Å²) in [5.74, 6) is -1.99. The monoisotopic (exact) mass is 1130 g/mol. The van der Waals surface area contributed by atoms with Crippen molar-refractivity contribution in [3.8, 4) is 0 Å². The SMILES string of the molecule is CC/C=C\C/C=C\C/C=C\C/C=C\CCCCCCCCCCCCC(=O)OC(COC(=O)CCCCCCCCCCCCCCCCCCCCCCCCCCCCCCCCCC)COC(OCC[N+](C)(C)C)C(=O)O. The van der Waals surface area contributed by atoms with Gasteiger partial charge in [0.2, 0.25) is 0 Å². The second-order valence-electron chi connectivity index (χ2n) is 24.5. The zero-order valence-electron chi connectivity index (χ0n) is 53.5. The number of nitrogens with zero attached hydrogens (tertiary/aromatic N) is 1. The van der Waals surface area contributed by atoms with Gasteiger partial charge >= 0.3 is 17.9 Å². The molecular weight excluding hydrogens is 995 g/mol. The highest BCUT2D eigenvalue weighted by Crippen LogP contribution is 2.19. The first-order valence-corrected chi connectivity index (χ1v) is 34.3. The van der Waals surface area contributed by atoms with Gasteiger partial charge in [-0.25, -0.2) is 4.79 Å². The number of aliphatic carboxylic acids is 1. The molecule has 80 heavy (non-hydrogen) atoms. The molecule has 2 atom stereocenters. The fraction of sp³-hybridized carbons (Fsp3) is 0.845. The summed E-state index contributed by atoms with van der Waals surface area (Å²) in [5.41, 5.74) is 0. The lowest BCUT2D eigenvalue weighted by atomic mass is 10.0. The average molecular weight is 1130 g/mol. The van der Waals surface area contributed by atoms with Gasteiger partial charge in [-0.3, -0.25) is 9.59 Å². The highest BCUT2D eigenvalue weighted by molar-refractivity contribution is 5.71. The molecule has 0 aliphatic heterocycles. The summed E-state index contributed by atoms with van der Waals surface area (Å²) in [4.78, 5) is 37.6. The number of carboxylic acids is 1. The van der Waals surface area contributed by atoms with Gasteiger partial charge in [0.05, 0.1) is 34.4 Å². The number of hydrogen-bond acceptors (Lipinski definition) is 7. The molecule has 0 aliphatic carbocycles. The summed E-state index contributed by atoms with van der Waals surface area (Å²) < 4.78 is 23.0. The minimum Gasteiger partial charge on any atom is -0.477 e. The van der Waals surface area contributed by atoms with E-state index < -0.39 is 24.3 Å². The Labute approximate surface area is 495 Å². The third-order valence-corrected chi connectivity index (χ3v) is 15.3. The summed E-state index contributed by atoms with van der Waals surface area (Å²) >= 11 is 0. The zero-order valence-corrected chi connectivity index (χ0v) is 53.5. The molecule has 468 valence electrons. The third kappa shape index (κ3) is 62.8. The Kier molecular flexibility index (Phi) is 60.2. The molecule has 0 rings (SSSR count). The quantitative estimate of drug-likeness (QED) is 0.0211. The Morgan fingerprint density at radius 2 is 0.713 bits per heavy atom. The van der Waals surface area contributed by atoms with Gasteiger partial charge in [0.25, 0.3) is 6.29 Å². The number of carbonyl (C=O) groups is 3. The molecule has 0 amide bonds. The van der Waals surface area contributed by atoms with Crippen molar-refractivity contribution in [1.82, 2.24) is 0 Å². The van der Waals surface area contributed by atoms with Gasteiger partial charge in [-0.2, -0.15) is 0 Å². The van der Waals surface area contributed by atoms with E-state index in [4.69, 9.17) is 18.9 Å². The molecule has 0 aliphatic rings. The maximum atomic E-state index is 12.9. The number of esters is 2. The topological polar surface area (TPSA) is 108 Å². The number of carbonyl (C=O) groups excluding carboxylic acids is 2. The molecule has 0 heterocycles. The molecule has 0 saturated heterocycles. The van der Waals surface area contributed by atoms with Crippen molar-refractivity contribution < 1.29 is 42.9 Å². The fourth-order valence-corrected chi connectivity index (χ4v) is 10.1. The van der Waals surface area contributed by atoms with Crippen LogP contribution in [0.25, 0.3) is 0 Å². The van der Waals surface area contributed by atoms with Crippen LogP contribution in [0.3, 0.4) is 0 Å². The number of allylic oxidation sites excluding steroid dienone is 8. The van der Waals surface area contributed by atoms with E-state index in [2.05, 4.69) is 62.5 Å². The van der Waals surface area contributed by atoms with Crippen molar-refractivity contribution in [3.63, 3.8) is 0 Å². The molecule has 2 unspecified atom stereocenters. The molecular formula is C71H132NO8+. The van der Waals surface area contributed by atoms with Crippen molar-refractivity contribution in [2.75, 3.05) is 47.5 Å². The van der Waals surface area contributed by atoms with Crippen LogP contribution in [0.1, 0.15) is 328 Å². The van der Waals surface area contributed by atoms with Gasteiger partial charge in [0.1, 0.15) is 13.2 Å². The number of ether oxygens (including phenoxy) is 4. The fourth-order valence-electron chi connectivity index (χ4n) is 10.1. The van der Waals surface area contributed by atoms with Crippen molar-refractivity contribution in [1.29, 1.82) is 0 Å². The van der Waals surface area contributed by atoms with E-state index in [1.165, 1.54) is 225 Å². The van der Waals surface area contributed by atoms with Crippen LogP contribution in [0.4, 0.5) is 0 Å². The number of quaternary nitrogens is 1. The van der Waals surface area contributed by atoms with Crippen molar-refractivity contribution in [2.24, 2.45) is 0 Å². The Hall–Kier alpha value is -2.75. The van der Waals surface area contributed by atoms with Gasteiger partial charge in [-0.1, -0.05) is 313 Å². The molecule has 0 radical (unpaired) electrons. The van der Waals surface area contributed by atoms with E-state index in [0.29, 0.717) is 17.4 Å². The molecule has 9 heteroatoms. The van der Waals surface area contributed by atoms with Crippen LogP contribution in [-0.2, 0) is 33.3 Å². The zero-order chi connectivity index (χ0) is 58.3. The van der Waals surface area contributed by atoms with Crippen LogP contribution >= 0.6 is 0 Å². The highest BCUT2D eigenvalue weighted by atomic mass is 16.7. The number of carboxylic acid groups (broad SMARTS) is 1. The van der Waals surface area contributed by atoms with Gasteiger partial charge in [-0.05, 0) is 51.4 Å². The van der Waals surface area contributed by atoms with Crippen LogP contribution < -0.4 is 0 Å². The number of rotatable bonds is 64. The Morgan fingerprint density at radius 3 is 1.06 bits per heavy atom. The summed E-state index contributed by atoms with van der Waals surface area (Å²) in [6, 6.07) is 0. The molecule has 0 aromatic carbocycles. The van der Waals surface area contributed by atoms with E-state index >= 15 is 0 Å². The molecule has 1 N–H and O–H groups in total. The van der Waals surface area contributed by atoms with Crippen LogP contribution in [0.5, 0.6) is 0 Å². The standard InChI is InChI=1S/C71H131NO8/c1-6-8-10-12-14-16-18-20-22-24-26-28-30-31-32-33-34-35-36-37-38-40-41-43-45-47-49-51-53-55-57-59-61-68(73)78-65-67(66-79-71(70(75)76)77-64-63-72(3,4)5)80-69(74)62-60-58-56-54-52-50-48-46-44-42-39-29-27-25-23-21-19-17-15-13-11-9-7-2/h9,11,15,17,21,23,27,29,67,71H,6-8,10,12-14,16,18-20,22,24-26,28,30-66H2,1-5H3/p+1/b11-9-,17-15-,23-21-,29-27-. The van der Waals surface area contributed by atoms with E-state index in [9.17, 15) is 19.5 Å². The van der Waals surface area contributed by atoms with Gasteiger partial charge in [-0.15, -0.1) is 0 Å². The van der Waals surface area contributed by atoms with Gasteiger partial charge in [0.15, 0.2) is 6.10 Å². The maximum Gasteiger partial charge on any atom is 0.361 e. The van der Waals surface area contributed by atoms with Gasteiger partial charge < -0.3 is 28.5 Å². The summed E-state index contributed by atoms with van der Waals surface area (Å²) in [7, 11) is 5.98. The Bertz CT molecular complexity index is 1450. The molecule has 9 nitrogen and oxygen atoms in total. The number of unbranched alkanes of at least 4 members (excludes halogenated alkanes) is 41. The predicted octanol–water partition coefficient (Wildman–Crippen LogP) is 21.0. The van der Waals surface area contributed by atoms with Crippen LogP contribution in [-0.4, -0.2) is 87.4 Å². The minimum atomic E-state index is -1.51. The lowest BCUT2D eigenvalue weighted by Crippen LogP contribution is -2.40. The maximum absolute atomic E-state index is 12.9. The van der Waals surface area contributed by atoms with Crippen molar-refractivity contribution >= 4 is 17.9 Å². The van der Waals surface area contributed by atoms with E-state index in [1.807, 2.05) is 21.1 Å². The molecule has 0 spiro atoms. The summed E-state index contributed by atoms with van der Waals surface area (Å²) in [5, 5.41) is 9.74. The third-order valence-electron chi connectivity index (χ3n) is 15.3. The molecule has 0 aromatic rings. The molecule has 0 bridgehead atoms. The van der Waals surface area contributed by atoms with E-state index in [1.54, 1.807) is 0 Å². The van der Waals surface area contributed by atoms with Crippen molar-refractivity contribution in [3.05, 3.63) is 48.6 Å². The largest absolute Gasteiger partial charge is 0.477 e. The first kappa shape index (κ1) is 77.2. The number of likely N-dealkylation sites (N-methyl/N-ethyl adjacent to an activating group) is 1. The van der Waals surface area contributed by atoms with Crippen molar-refractivity contribution in [2.45, 2.75) is 341 Å². The highest BCUT2D eigenvalue weighted by Gasteiger charge is 2.25. The Balaban J connectivity index is 4.06. The smallest absolute Gasteiger partial charge is 0.361 e. The first-order valence-electron chi connectivity index (χ1n) is 34.3. The van der Waals surface area contributed by atoms with Crippen LogP contribution in [0.2, 0.25) is 0 Å². The van der Waals surface area contributed by atoms with Crippen LogP contribution in [0.15, 0.2) is 48.6 Å². The summed E-state index contributed by atoms with van der Waals surface area (Å²) in [6.07, 6.45) is 76.6. The predicted molar refractivity (Wildman–Crippen MR) is 341 cm³/mol.